The number of rotatable bonds is 3. The molecule has 0 amide bonds. The van der Waals surface area contributed by atoms with Crippen molar-refractivity contribution >= 4 is 11.9 Å². The van der Waals surface area contributed by atoms with Crippen LogP contribution < -0.4 is 110 Å². The number of hydrogen-bond donors (Lipinski definition) is 3. The molecule has 0 fully saturated rings. The molecule has 0 saturated carbocycles. The molecule has 0 aliphatic rings. The molecule has 3 N–H and O–H groups in total. The van der Waals surface area contributed by atoms with Crippen molar-refractivity contribution < 1.29 is 135 Å². The molecule has 0 aliphatic carbocycles. The number of carboxylic acids is 2. The van der Waals surface area contributed by atoms with Gasteiger partial charge in [-0.15, -0.1) is 0 Å². The standard InChI is InChI=1S/C4H6O6.HI.K.Na/c5-1(3(7)8)2(6)4(9)10;;;/h1-2,5-6H,(H,7,8)(H,9,10);1H;;/q;;2*+1/p-2. The summed E-state index contributed by atoms with van der Waals surface area (Å²) in [5, 5.41) is 34.1. The van der Waals surface area contributed by atoms with Gasteiger partial charge >= 0.3 is 86.9 Å². The van der Waals surface area contributed by atoms with Gasteiger partial charge in [0, 0.05) is 0 Å². The summed E-state index contributed by atoms with van der Waals surface area (Å²) in [4.78, 5) is 19.4. The summed E-state index contributed by atoms with van der Waals surface area (Å²) in [5.41, 5.74) is 0. The molecule has 0 aromatic carbocycles. The Balaban J connectivity index is -0.000000135. The van der Waals surface area contributed by atoms with E-state index in [0.29, 0.717) is 0 Å². The molecule has 0 radical (unpaired) electrons. The molecule has 2 atom stereocenters. The Hall–Kier alpha value is 2.23. The molecule has 0 bridgehead atoms. The van der Waals surface area contributed by atoms with Crippen LogP contribution in [0.15, 0.2) is 0 Å². The fourth-order valence-corrected chi connectivity index (χ4v) is 0.264. The monoisotopic (exact) mass is 338 g/mol. The van der Waals surface area contributed by atoms with Gasteiger partial charge in [-0.3, -0.25) is 0 Å². The van der Waals surface area contributed by atoms with Gasteiger partial charge < -0.3 is 49.2 Å². The Bertz CT molecular complexity index is 149. The molecule has 66 valence electrons. The fraction of sp³-hybridized carbons (Fsp3) is 0.500. The maximum Gasteiger partial charge on any atom is 1.00 e. The first-order chi connectivity index (χ1) is 4.46. The number of carboxylic acid groups (broad SMARTS) is 2. The SMILES string of the molecule is O=C([O-])C(O)C(O)C(=O)O.[I-].[K+].[Na+]. The van der Waals surface area contributed by atoms with E-state index in [1.165, 1.54) is 0 Å². The number of carbonyl (C=O) groups excluding carboxylic acids is 1. The molecule has 2 unspecified atom stereocenters. The van der Waals surface area contributed by atoms with Crippen LogP contribution >= 0.6 is 0 Å². The zero-order valence-electron chi connectivity index (χ0n) is 7.10. The largest absolute Gasteiger partial charge is 1.00 e. The van der Waals surface area contributed by atoms with Crippen molar-refractivity contribution in [1.82, 2.24) is 0 Å². The minimum atomic E-state index is -2.38. The van der Waals surface area contributed by atoms with Crippen molar-refractivity contribution in [3.63, 3.8) is 0 Å². The minimum absolute atomic E-state index is 0. The average molecular weight is 338 g/mol. The van der Waals surface area contributed by atoms with Gasteiger partial charge in [0.25, 0.3) is 0 Å². The Morgan fingerprint density at radius 1 is 1.15 bits per heavy atom. The second-order valence-corrected chi connectivity index (χ2v) is 1.55. The molecule has 13 heavy (non-hydrogen) atoms. The fourth-order valence-electron chi connectivity index (χ4n) is 0.264. The normalized spacial score (nSPS) is 12.2. The predicted octanol–water partition coefficient (Wildman–Crippen LogP) is -12.4. The van der Waals surface area contributed by atoms with Gasteiger partial charge in [-0.25, -0.2) is 4.79 Å². The van der Waals surface area contributed by atoms with Crippen LogP contribution in [0, 0.1) is 0 Å². The molecule has 0 aromatic rings. The topological polar surface area (TPSA) is 118 Å². The van der Waals surface area contributed by atoms with E-state index in [0.717, 1.165) is 0 Å². The molecule has 9 heteroatoms. The summed E-state index contributed by atoms with van der Waals surface area (Å²) in [6.07, 6.45) is -4.71. The first-order valence-electron chi connectivity index (χ1n) is 2.26. The summed E-state index contributed by atoms with van der Waals surface area (Å²) in [5.74, 6) is -3.83. The van der Waals surface area contributed by atoms with E-state index in [-0.39, 0.29) is 105 Å². The van der Waals surface area contributed by atoms with Crippen LogP contribution in [0.5, 0.6) is 0 Å². The van der Waals surface area contributed by atoms with Crippen LogP contribution in [0.3, 0.4) is 0 Å². The third-order valence-corrected chi connectivity index (χ3v) is 0.794. The number of carbonyl (C=O) groups is 2. The first kappa shape index (κ1) is 24.5. The summed E-state index contributed by atoms with van der Waals surface area (Å²) < 4.78 is 0. The minimum Gasteiger partial charge on any atom is -1.00 e. The number of aliphatic hydroxyl groups is 2. The third-order valence-electron chi connectivity index (χ3n) is 0.794. The van der Waals surface area contributed by atoms with Crippen molar-refractivity contribution in [1.29, 1.82) is 0 Å². The summed E-state index contributed by atoms with van der Waals surface area (Å²) in [7, 11) is 0. The molecular formula is C4H5IKNaO6. The number of halogens is 1. The molecule has 0 heterocycles. The van der Waals surface area contributed by atoms with Crippen molar-refractivity contribution in [2.75, 3.05) is 0 Å². The molecule has 6 nitrogen and oxygen atoms in total. The Morgan fingerprint density at radius 2 is 1.46 bits per heavy atom. The zero-order valence-corrected chi connectivity index (χ0v) is 14.4. The Labute approximate surface area is 156 Å². The first-order valence-corrected chi connectivity index (χ1v) is 2.26. The average Bonchev–Trinajstić information content (AvgIpc) is 1.84. The van der Waals surface area contributed by atoms with Crippen molar-refractivity contribution in [3.8, 4) is 0 Å². The van der Waals surface area contributed by atoms with Gasteiger partial charge in [-0.1, -0.05) is 0 Å². The van der Waals surface area contributed by atoms with E-state index in [2.05, 4.69) is 0 Å². The van der Waals surface area contributed by atoms with Gasteiger partial charge in [-0.05, 0) is 0 Å². The van der Waals surface area contributed by atoms with Gasteiger partial charge in [0.15, 0.2) is 6.10 Å². The summed E-state index contributed by atoms with van der Waals surface area (Å²) in [6.45, 7) is 0. The second kappa shape index (κ2) is 12.3. The smallest absolute Gasteiger partial charge is 1.00 e. The van der Waals surface area contributed by atoms with Crippen molar-refractivity contribution in [3.05, 3.63) is 0 Å². The van der Waals surface area contributed by atoms with E-state index in [9.17, 15) is 14.7 Å². The van der Waals surface area contributed by atoms with Crippen molar-refractivity contribution in [2.45, 2.75) is 12.2 Å². The summed E-state index contributed by atoms with van der Waals surface area (Å²) >= 11 is 0. The molecule has 0 saturated heterocycles. The number of aliphatic hydroxyl groups excluding tert-OH is 2. The summed E-state index contributed by atoms with van der Waals surface area (Å²) in [6, 6.07) is 0. The number of hydrogen-bond acceptors (Lipinski definition) is 5. The van der Waals surface area contributed by atoms with E-state index in [1.807, 2.05) is 0 Å². The van der Waals surface area contributed by atoms with Gasteiger partial charge in [0.05, 0.1) is 5.97 Å². The van der Waals surface area contributed by atoms with E-state index < -0.39 is 24.1 Å². The second-order valence-electron chi connectivity index (χ2n) is 1.55. The Morgan fingerprint density at radius 3 is 1.54 bits per heavy atom. The number of aliphatic carboxylic acids is 2. The van der Waals surface area contributed by atoms with Crippen LogP contribution in [0.2, 0.25) is 0 Å². The van der Waals surface area contributed by atoms with Crippen LogP contribution in [0.4, 0.5) is 0 Å². The van der Waals surface area contributed by atoms with Gasteiger partial charge in [0.2, 0.25) is 0 Å². The van der Waals surface area contributed by atoms with Crippen LogP contribution in [0.25, 0.3) is 0 Å². The molecular weight excluding hydrogens is 333 g/mol. The maximum atomic E-state index is 9.74. The molecule has 0 aromatic heterocycles. The van der Waals surface area contributed by atoms with Gasteiger partial charge in [0.1, 0.15) is 6.10 Å². The van der Waals surface area contributed by atoms with E-state index in [4.69, 9.17) is 15.3 Å². The Kier molecular flexibility index (Phi) is 23.1. The molecule has 0 spiro atoms. The van der Waals surface area contributed by atoms with E-state index in [1.54, 1.807) is 0 Å². The molecule has 0 rings (SSSR count). The zero-order chi connectivity index (χ0) is 8.31. The quantitative estimate of drug-likeness (QED) is 0.348. The van der Waals surface area contributed by atoms with Crippen LogP contribution in [0.1, 0.15) is 0 Å². The third kappa shape index (κ3) is 10.5. The van der Waals surface area contributed by atoms with Crippen LogP contribution in [-0.2, 0) is 9.59 Å². The van der Waals surface area contributed by atoms with Gasteiger partial charge in [-0.2, -0.15) is 0 Å². The molecule has 0 aliphatic heterocycles. The van der Waals surface area contributed by atoms with Crippen molar-refractivity contribution in [2.24, 2.45) is 0 Å². The van der Waals surface area contributed by atoms with E-state index >= 15 is 0 Å². The maximum absolute atomic E-state index is 9.74. The predicted molar refractivity (Wildman–Crippen MR) is 24.7 cm³/mol. The van der Waals surface area contributed by atoms with Crippen LogP contribution in [-0.4, -0.2) is 39.5 Å².